The molecule has 1 fully saturated rings. The molecule has 1 aliphatic carbocycles. The molecule has 14 heteroatoms. The van der Waals surface area contributed by atoms with Gasteiger partial charge in [-0.1, -0.05) is 170 Å². The first-order valence-electron chi connectivity index (χ1n) is 24.4. The van der Waals surface area contributed by atoms with Crippen LogP contribution < -0.4 is 0 Å². The number of carbonyl (C=O) groups excluding carboxylic acids is 2. The van der Waals surface area contributed by atoms with Crippen LogP contribution in [0.4, 0.5) is 0 Å². The molecule has 0 heterocycles. The summed E-state index contributed by atoms with van der Waals surface area (Å²) in [7, 11) is -5.13. The maximum atomic E-state index is 12.8. The van der Waals surface area contributed by atoms with Gasteiger partial charge in [-0.05, 0) is 70.6 Å². The molecule has 1 rings (SSSR count). The third-order valence-electron chi connectivity index (χ3n) is 10.8. The molecule has 0 radical (unpaired) electrons. The molecule has 65 heavy (non-hydrogen) atoms. The summed E-state index contributed by atoms with van der Waals surface area (Å²) in [6, 6.07) is 0. The predicted octanol–water partition coefficient (Wildman–Crippen LogP) is 10.1. The van der Waals surface area contributed by atoms with Gasteiger partial charge >= 0.3 is 19.8 Å². The Bertz CT molecular complexity index is 1460. The lowest BCUT2D eigenvalue weighted by Crippen LogP contribution is -2.64. The number of esters is 2. The fourth-order valence-corrected chi connectivity index (χ4v) is 7.90. The number of aliphatic hydroxyl groups excluding tert-OH is 5. The minimum Gasteiger partial charge on any atom is -0.462 e. The van der Waals surface area contributed by atoms with Gasteiger partial charge in [0, 0.05) is 12.8 Å². The third-order valence-corrected chi connectivity index (χ3v) is 11.8. The van der Waals surface area contributed by atoms with E-state index in [9.17, 15) is 44.6 Å². The second-order valence-electron chi connectivity index (χ2n) is 16.6. The number of phosphoric ester groups is 1. The number of phosphoric acid groups is 1. The second kappa shape index (κ2) is 40.1. The average Bonchev–Trinajstić information content (AvgIpc) is 3.29. The van der Waals surface area contributed by atoms with E-state index in [1.54, 1.807) is 0 Å². The van der Waals surface area contributed by atoms with Crippen molar-refractivity contribution in [3.8, 4) is 0 Å². The highest BCUT2D eigenvalue weighted by Gasteiger charge is 2.51. The molecule has 0 bridgehead atoms. The summed E-state index contributed by atoms with van der Waals surface area (Å²) in [6.07, 6.45) is 39.2. The van der Waals surface area contributed by atoms with Crippen LogP contribution in [0.2, 0.25) is 0 Å². The zero-order valence-corrected chi connectivity index (χ0v) is 40.4. The molecule has 372 valence electrons. The molecule has 0 aromatic rings. The average molecular weight is 937 g/mol. The van der Waals surface area contributed by atoms with E-state index < -0.39 is 75.7 Å². The maximum absolute atomic E-state index is 12.8. The molecule has 0 amide bonds. The van der Waals surface area contributed by atoms with Crippen LogP contribution in [0, 0.1) is 0 Å². The molecular formula is C51H85O13P. The van der Waals surface area contributed by atoms with Crippen LogP contribution in [0.1, 0.15) is 168 Å². The van der Waals surface area contributed by atoms with E-state index in [-0.39, 0.29) is 12.8 Å². The summed E-state index contributed by atoms with van der Waals surface area (Å²) in [6.45, 7) is 3.03. The highest BCUT2D eigenvalue weighted by atomic mass is 31.2. The van der Waals surface area contributed by atoms with Crippen LogP contribution in [-0.2, 0) is 32.7 Å². The normalized spacial score (nSPS) is 22.2. The van der Waals surface area contributed by atoms with Crippen molar-refractivity contribution in [2.45, 2.75) is 211 Å². The molecule has 0 saturated heterocycles. The van der Waals surface area contributed by atoms with Gasteiger partial charge in [-0.3, -0.25) is 18.6 Å². The van der Waals surface area contributed by atoms with Crippen LogP contribution in [0.5, 0.6) is 0 Å². The first-order chi connectivity index (χ1) is 31.4. The smallest absolute Gasteiger partial charge is 0.462 e. The first-order valence-corrected chi connectivity index (χ1v) is 25.9. The Morgan fingerprint density at radius 2 is 0.908 bits per heavy atom. The summed E-state index contributed by atoms with van der Waals surface area (Å²) in [5, 5.41) is 50.2. The summed E-state index contributed by atoms with van der Waals surface area (Å²) in [4.78, 5) is 35.7. The van der Waals surface area contributed by atoms with Gasteiger partial charge in [-0.15, -0.1) is 0 Å². The Labute approximate surface area is 390 Å². The standard InChI is InChI=1S/C51H85O13P/c1-3-5-7-9-11-13-15-17-18-19-20-21-22-23-24-25-26-28-29-31-33-35-37-39-44(52)61-41-43(42-62-65(59,60)64-51-49(57)47(55)46(54)48(56)50(51)58)63-45(53)40-38-36-34-32-30-27-16-14-12-10-8-6-4-2/h5-8,10-14,16-18,20-21,43,46-51,54-58H,3-4,9,15,19,22-42H2,1-2H3,(H,59,60)/b7-5+,8-6+,12-10+,13-11+,16-14+,18-17+,21-20+/t43?,46?,47-,48?,49?,50?,51?/m0/s1. The molecule has 1 aliphatic rings. The lowest BCUT2D eigenvalue weighted by atomic mass is 9.85. The molecule has 0 aromatic heterocycles. The topological polar surface area (TPSA) is 210 Å². The third kappa shape index (κ3) is 32.4. The van der Waals surface area contributed by atoms with Gasteiger partial charge in [0.1, 0.15) is 43.2 Å². The van der Waals surface area contributed by atoms with Crippen molar-refractivity contribution < 1.29 is 63.1 Å². The predicted molar refractivity (Wildman–Crippen MR) is 258 cm³/mol. The molecule has 0 aliphatic heterocycles. The van der Waals surface area contributed by atoms with Gasteiger partial charge in [-0.2, -0.15) is 0 Å². The fraction of sp³-hybridized carbons (Fsp3) is 0.686. The zero-order valence-electron chi connectivity index (χ0n) is 39.5. The Kier molecular flexibility index (Phi) is 37.1. The lowest BCUT2D eigenvalue weighted by Gasteiger charge is -2.41. The number of hydrogen-bond donors (Lipinski definition) is 6. The summed E-state index contributed by atoms with van der Waals surface area (Å²) < 4.78 is 33.5. The van der Waals surface area contributed by atoms with Crippen LogP contribution >= 0.6 is 7.82 Å². The fourth-order valence-electron chi connectivity index (χ4n) is 6.92. The molecule has 8 atom stereocenters. The van der Waals surface area contributed by atoms with E-state index in [1.165, 1.54) is 32.1 Å². The Morgan fingerprint density at radius 1 is 0.492 bits per heavy atom. The van der Waals surface area contributed by atoms with Gasteiger partial charge in [0.2, 0.25) is 0 Å². The molecule has 0 aromatic carbocycles. The van der Waals surface area contributed by atoms with Crippen LogP contribution in [0.25, 0.3) is 0 Å². The van der Waals surface area contributed by atoms with Crippen LogP contribution in [0.15, 0.2) is 85.1 Å². The largest absolute Gasteiger partial charge is 0.472 e. The molecule has 1 saturated carbocycles. The Hall–Kier alpha value is -2.97. The minimum atomic E-state index is -5.13. The van der Waals surface area contributed by atoms with Crippen molar-refractivity contribution in [2.75, 3.05) is 13.2 Å². The quantitative estimate of drug-likeness (QED) is 0.0112. The summed E-state index contributed by atoms with van der Waals surface area (Å²) in [5.41, 5.74) is 0. The first kappa shape index (κ1) is 60.0. The van der Waals surface area contributed by atoms with Crippen LogP contribution in [-0.4, -0.2) is 98.3 Å². The number of unbranched alkanes of at least 4 members (excludes halogenated alkanes) is 15. The van der Waals surface area contributed by atoms with E-state index in [0.717, 1.165) is 96.3 Å². The minimum absolute atomic E-state index is 0.0684. The molecule has 0 spiro atoms. The van der Waals surface area contributed by atoms with Crippen molar-refractivity contribution >= 4 is 19.8 Å². The van der Waals surface area contributed by atoms with Crippen molar-refractivity contribution in [3.05, 3.63) is 85.1 Å². The molecule has 13 nitrogen and oxygen atoms in total. The number of allylic oxidation sites excluding steroid dienone is 14. The zero-order chi connectivity index (χ0) is 47.8. The number of aliphatic hydroxyl groups is 5. The van der Waals surface area contributed by atoms with Crippen molar-refractivity contribution in [1.29, 1.82) is 0 Å². The van der Waals surface area contributed by atoms with Crippen molar-refractivity contribution in [1.82, 2.24) is 0 Å². The van der Waals surface area contributed by atoms with E-state index >= 15 is 0 Å². The van der Waals surface area contributed by atoms with Gasteiger partial charge in [-0.25, -0.2) is 4.57 Å². The Morgan fingerprint density at radius 3 is 1.43 bits per heavy atom. The summed E-state index contributed by atoms with van der Waals surface area (Å²) in [5.74, 6) is -1.13. The van der Waals surface area contributed by atoms with Crippen LogP contribution in [0.3, 0.4) is 0 Å². The van der Waals surface area contributed by atoms with Crippen molar-refractivity contribution in [2.24, 2.45) is 0 Å². The highest BCUT2D eigenvalue weighted by molar-refractivity contribution is 7.47. The molecule has 7 unspecified atom stereocenters. The maximum Gasteiger partial charge on any atom is 0.472 e. The molecule has 6 N–H and O–H groups in total. The lowest BCUT2D eigenvalue weighted by molar-refractivity contribution is -0.220. The SMILES string of the molecule is CC/C=C/C=C/C=C/CCCCCCCC(=O)OC(COC(=O)CCCCCCCCCCCC/C=C/C/C=C/C/C=C/C/C=C/CC)COP(=O)(O)OC1C(O)C(O)C(O)[C@H](O)C1O. The van der Waals surface area contributed by atoms with E-state index in [1.807, 2.05) is 24.3 Å². The molecular weight excluding hydrogens is 852 g/mol. The second-order valence-corrected chi connectivity index (χ2v) is 18.0. The number of ether oxygens (including phenoxy) is 2. The van der Waals surface area contributed by atoms with Gasteiger partial charge < -0.3 is 39.9 Å². The van der Waals surface area contributed by atoms with E-state index in [0.29, 0.717) is 12.8 Å². The number of hydrogen-bond acceptors (Lipinski definition) is 12. The Balaban J connectivity index is 2.39. The van der Waals surface area contributed by atoms with E-state index in [2.05, 4.69) is 74.6 Å². The van der Waals surface area contributed by atoms with E-state index in [4.69, 9.17) is 18.5 Å². The monoisotopic (exact) mass is 937 g/mol. The van der Waals surface area contributed by atoms with Gasteiger partial charge in [0.05, 0.1) is 6.61 Å². The number of rotatable bonds is 39. The van der Waals surface area contributed by atoms with Crippen molar-refractivity contribution in [3.63, 3.8) is 0 Å². The van der Waals surface area contributed by atoms with Gasteiger partial charge in [0.25, 0.3) is 0 Å². The van der Waals surface area contributed by atoms with Gasteiger partial charge in [0.15, 0.2) is 6.10 Å². The summed E-state index contributed by atoms with van der Waals surface area (Å²) >= 11 is 0. The number of carbonyl (C=O) groups is 2. The highest BCUT2D eigenvalue weighted by Crippen LogP contribution is 2.47.